The minimum Gasteiger partial charge on any atom is -0.506 e. The summed E-state index contributed by atoms with van der Waals surface area (Å²) in [5, 5.41) is 24.2. The van der Waals surface area contributed by atoms with Crippen LogP contribution in [0.25, 0.3) is 16.7 Å². The number of benzene rings is 2. The molecule has 9 nitrogen and oxygen atoms in total. The van der Waals surface area contributed by atoms with Crippen LogP contribution in [0.15, 0.2) is 77.7 Å². The van der Waals surface area contributed by atoms with E-state index < -0.39 is 27.7 Å². The lowest BCUT2D eigenvalue weighted by Crippen LogP contribution is -2.29. The van der Waals surface area contributed by atoms with Crippen molar-refractivity contribution in [1.29, 1.82) is 0 Å². The monoisotopic (exact) mass is 402 g/mol. The molecule has 0 fully saturated rings. The van der Waals surface area contributed by atoms with Crippen molar-refractivity contribution in [3.8, 4) is 11.4 Å². The molecule has 1 amide bonds. The number of hydrogen-bond donors (Lipinski definition) is 2. The smallest absolute Gasteiger partial charge is 0.273 e. The molecule has 4 rings (SSSR count). The first-order valence-electron chi connectivity index (χ1n) is 8.81. The van der Waals surface area contributed by atoms with E-state index in [9.17, 15) is 24.8 Å². The lowest BCUT2D eigenvalue weighted by molar-refractivity contribution is -0.384. The second kappa shape index (κ2) is 7.47. The molecule has 4 aromatic rings. The molecule has 0 bridgehead atoms. The van der Waals surface area contributed by atoms with Crippen molar-refractivity contribution in [2.24, 2.45) is 0 Å². The molecule has 2 aromatic heterocycles. The van der Waals surface area contributed by atoms with Gasteiger partial charge in [-0.3, -0.25) is 24.3 Å². The van der Waals surface area contributed by atoms with Gasteiger partial charge in [0.2, 0.25) is 0 Å². The molecule has 0 spiro atoms. The standard InChI is InChI=1S/C21H14N4O5/c26-18-16-7-4-12-22-19(16)24(14-5-2-1-3-6-14)21(28)17(18)20(27)23-13-8-10-15(11-9-13)25(29)30/h1-12,26H,(H,23,27). The number of nitro benzene ring substituents is 1. The lowest BCUT2D eigenvalue weighted by atomic mass is 10.1. The first-order valence-corrected chi connectivity index (χ1v) is 8.81. The van der Waals surface area contributed by atoms with Gasteiger partial charge in [0.15, 0.2) is 5.65 Å². The number of hydrogen-bond acceptors (Lipinski definition) is 6. The number of amides is 1. The number of aromatic hydroxyl groups is 1. The summed E-state index contributed by atoms with van der Waals surface area (Å²) in [6, 6.07) is 16.9. The minimum absolute atomic E-state index is 0.140. The molecule has 2 heterocycles. The highest BCUT2D eigenvalue weighted by Crippen LogP contribution is 2.27. The quantitative estimate of drug-likeness (QED) is 0.398. The number of non-ortho nitro benzene ring substituents is 1. The van der Waals surface area contributed by atoms with Crippen LogP contribution in [0.4, 0.5) is 11.4 Å². The Morgan fingerprint density at radius 1 is 1.03 bits per heavy atom. The van der Waals surface area contributed by atoms with Crippen LogP contribution in [0.2, 0.25) is 0 Å². The molecule has 148 valence electrons. The Labute approximate surface area is 169 Å². The molecule has 0 aliphatic heterocycles. The van der Waals surface area contributed by atoms with E-state index in [1.54, 1.807) is 42.5 Å². The van der Waals surface area contributed by atoms with Gasteiger partial charge in [-0.2, -0.15) is 0 Å². The molecule has 0 atom stereocenters. The average molecular weight is 402 g/mol. The van der Waals surface area contributed by atoms with Gasteiger partial charge in [0.05, 0.1) is 16.0 Å². The molecule has 2 N–H and O–H groups in total. The topological polar surface area (TPSA) is 127 Å². The largest absolute Gasteiger partial charge is 0.506 e. The third-order valence-corrected chi connectivity index (χ3v) is 4.48. The maximum absolute atomic E-state index is 13.2. The fourth-order valence-corrected chi connectivity index (χ4v) is 3.09. The van der Waals surface area contributed by atoms with Gasteiger partial charge in [0.1, 0.15) is 11.3 Å². The molecule has 9 heteroatoms. The summed E-state index contributed by atoms with van der Waals surface area (Å²) >= 11 is 0. The van der Waals surface area contributed by atoms with Crippen molar-refractivity contribution in [1.82, 2.24) is 9.55 Å². The molecular formula is C21H14N4O5. The van der Waals surface area contributed by atoms with Gasteiger partial charge < -0.3 is 10.4 Å². The molecule has 2 aromatic carbocycles. The zero-order valence-corrected chi connectivity index (χ0v) is 15.4. The van der Waals surface area contributed by atoms with E-state index in [-0.39, 0.29) is 22.4 Å². The second-order valence-electron chi connectivity index (χ2n) is 6.33. The number of nitrogens with zero attached hydrogens (tertiary/aromatic N) is 3. The predicted octanol–water partition coefficient (Wildman–Crippen LogP) is 3.25. The SMILES string of the molecule is O=C(Nc1ccc([N+](=O)[O-])cc1)c1c(O)c2cccnc2n(-c2ccccc2)c1=O. The van der Waals surface area contributed by atoms with Crippen LogP contribution in [-0.4, -0.2) is 25.5 Å². The maximum Gasteiger partial charge on any atom is 0.273 e. The zero-order valence-electron chi connectivity index (χ0n) is 15.4. The van der Waals surface area contributed by atoms with E-state index in [2.05, 4.69) is 10.3 Å². The van der Waals surface area contributed by atoms with E-state index in [1.165, 1.54) is 35.0 Å². The number of pyridine rings is 2. The Hall–Kier alpha value is -4.53. The highest BCUT2D eigenvalue weighted by atomic mass is 16.6. The highest BCUT2D eigenvalue weighted by molar-refractivity contribution is 6.09. The van der Waals surface area contributed by atoms with E-state index in [0.29, 0.717) is 5.69 Å². The van der Waals surface area contributed by atoms with Gasteiger partial charge in [0.25, 0.3) is 17.2 Å². The molecule has 30 heavy (non-hydrogen) atoms. The Kier molecular flexibility index (Phi) is 4.69. The van der Waals surface area contributed by atoms with Gasteiger partial charge in [-0.1, -0.05) is 18.2 Å². The van der Waals surface area contributed by atoms with Gasteiger partial charge in [0, 0.05) is 24.0 Å². The summed E-state index contributed by atoms with van der Waals surface area (Å²) in [4.78, 5) is 40.5. The van der Waals surface area contributed by atoms with Crippen LogP contribution < -0.4 is 10.9 Å². The van der Waals surface area contributed by atoms with Crippen LogP contribution in [0.3, 0.4) is 0 Å². The number of carbonyl (C=O) groups is 1. The average Bonchev–Trinajstić information content (AvgIpc) is 2.75. The van der Waals surface area contributed by atoms with Crippen LogP contribution in [0, 0.1) is 10.1 Å². The molecule has 0 saturated carbocycles. The molecule has 0 aliphatic rings. The van der Waals surface area contributed by atoms with Gasteiger partial charge in [-0.25, -0.2) is 4.98 Å². The van der Waals surface area contributed by atoms with E-state index >= 15 is 0 Å². The first-order chi connectivity index (χ1) is 14.5. The number of nitro groups is 1. The third-order valence-electron chi connectivity index (χ3n) is 4.48. The first kappa shape index (κ1) is 18.8. The van der Waals surface area contributed by atoms with Gasteiger partial charge in [-0.05, 0) is 36.4 Å². The van der Waals surface area contributed by atoms with Crippen LogP contribution in [0.5, 0.6) is 5.75 Å². The van der Waals surface area contributed by atoms with Crippen LogP contribution in [0.1, 0.15) is 10.4 Å². The van der Waals surface area contributed by atoms with Crippen molar-refractivity contribution in [3.63, 3.8) is 0 Å². The Morgan fingerprint density at radius 3 is 2.40 bits per heavy atom. The Morgan fingerprint density at radius 2 is 1.73 bits per heavy atom. The van der Waals surface area contributed by atoms with Crippen molar-refractivity contribution in [2.45, 2.75) is 0 Å². The predicted molar refractivity (Wildman–Crippen MR) is 110 cm³/mol. The molecule has 0 unspecified atom stereocenters. The summed E-state index contributed by atoms with van der Waals surface area (Å²) in [6.07, 6.45) is 1.48. The summed E-state index contributed by atoms with van der Waals surface area (Å²) in [7, 11) is 0. The van der Waals surface area contributed by atoms with E-state index in [1.807, 2.05) is 0 Å². The number of rotatable bonds is 4. The van der Waals surface area contributed by atoms with Crippen molar-refractivity contribution < 1.29 is 14.8 Å². The number of nitrogens with one attached hydrogen (secondary N) is 1. The summed E-state index contributed by atoms with van der Waals surface area (Å²) in [5.74, 6) is -1.34. The molecular weight excluding hydrogens is 388 g/mol. The third kappa shape index (κ3) is 3.24. The highest BCUT2D eigenvalue weighted by Gasteiger charge is 2.23. The number of aromatic nitrogens is 2. The van der Waals surface area contributed by atoms with Crippen LogP contribution >= 0.6 is 0 Å². The number of fused-ring (bicyclic) bond motifs is 1. The summed E-state index contributed by atoms with van der Waals surface area (Å²) < 4.78 is 1.25. The maximum atomic E-state index is 13.2. The number of carbonyl (C=O) groups excluding carboxylic acids is 1. The number of para-hydroxylation sites is 1. The van der Waals surface area contributed by atoms with Crippen LogP contribution in [-0.2, 0) is 0 Å². The van der Waals surface area contributed by atoms with Gasteiger partial charge >= 0.3 is 0 Å². The molecule has 0 saturated heterocycles. The minimum atomic E-state index is -0.846. The van der Waals surface area contributed by atoms with E-state index in [0.717, 1.165) is 0 Å². The van der Waals surface area contributed by atoms with Crippen molar-refractivity contribution in [2.75, 3.05) is 5.32 Å². The summed E-state index contributed by atoms with van der Waals surface area (Å²) in [5.41, 5.74) is -0.420. The normalized spacial score (nSPS) is 10.7. The summed E-state index contributed by atoms with van der Waals surface area (Å²) in [6.45, 7) is 0. The second-order valence-corrected chi connectivity index (χ2v) is 6.33. The van der Waals surface area contributed by atoms with E-state index in [4.69, 9.17) is 0 Å². The van der Waals surface area contributed by atoms with Gasteiger partial charge in [-0.15, -0.1) is 0 Å². The zero-order chi connectivity index (χ0) is 21.3. The fraction of sp³-hybridized carbons (Fsp3) is 0. The fourth-order valence-electron chi connectivity index (χ4n) is 3.09. The lowest BCUT2D eigenvalue weighted by Gasteiger charge is -2.14. The molecule has 0 aliphatic carbocycles. The molecule has 0 radical (unpaired) electrons. The van der Waals surface area contributed by atoms with Crippen molar-refractivity contribution >= 4 is 28.3 Å². The van der Waals surface area contributed by atoms with Crippen molar-refractivity contribution in [3.05, 3.63) is 99.0 Å². The Bertz CT molecular complexity index is 1330. The number of anilines is 1. The Balaban J connectivity index is 1.85.